The topological polar surface area (TPSA) is 37.4 Å². The van der Waals surface area contributed by atoms with Crippen LogP contribution < -0.4 is 0 Å². The van der Waals surface area contributed by atoms with Gasteiger partial charge in [0.1, 0.15) is 0 Å². The zero-order valence-corrected chi connectivity index (χ0v) is 13.3. The largest absolute Gasteiger partial charge is 0.340 e. The number of hydrogen-bond donors (Lipinski definition) is 0. The summed E-state index contributed by atoms with van der Waals surface area (Å²) in [5, 5.41) is 0. The van der Waals surface area contributed by atoms with Crippen LogP contribution in [-0.4, -0.2) is 29.2 Å². The molecule has 1 atom stereocenters. The molecule has 1 fully saturated rings. The average molecular weight is 287 g/mol. The zero-order chi connectivity index (χ0) is 15.4. The molecule has 21 heavy (non-hydrogen) atoms. The van der Waals surface area contributed by atoms with Crippen molar-refractivity contribution in [2.24, 2.45) is 0 Å². The molecule has 1 saturated heterocycles. The van der Waals surface area contributed by atoms with Crippen LogP contribution in [0.2, 0.25) is 0 Å². The normalized spacial score (nSPS) is 18.6. The quantitative estimate of drug-likeness (QED) is 0.792. The van der Waals surface area contributed by atoms with E-state index in [-0.39, 0.29) is 11.7 Å². The second-order valence-corrected chi connectivity index (χ2v) is 6.15. The molecule has 1 aliphatic heterocycles. The van der Waals surface area contributed by atoms with Crippen LogP contribution in [0.4, 0.5) is 0 Å². The fraction of sp³-hybridized carbons (Fsp3) is 0.556. The maximum atomic E-state index is 12.2. The Hall–Kier alpha value is -1.64. The average Bonchev–Trinajstić information content (AvgIpc) is 2.47. The summed E-state index contributed by atoms with van der Waals surface area (Å²) in [5.41, 5.74) is 3.03. The molecule has 1 aromatic rings. The highest BCUT2D eigenvalue weighted by Crippen LogP contribution is 2.18. The number of Topliss-reactive ketones (excluding diaryl/α,β-unsaturated/α-hetero) is 1. The van der Waals surface area contributed by atoms with Gasteiger partial charge in [-0.2, -0.15) is 0 Å². The number of nitrogens with zero attached hydrogens (tertiary/aromatic N) is 1. The van der Waals surface area contributed by atoms with Gasteiger partial charge in [0, 0.05) is 31.0 Å². The first kappa shape index (κ1) is 15.7. The van der Waals surface area contributed by atoms with Crippen molar-refractivity contribution in [2.45, 2.75) is 58.9 Å². The molecule has 0 N–H and O–H groups in total. The lowest BCUT2D eigenvalue weighted by molar-refractivity contribution is -0.134. The molecule has 1 aliphatic rings. The van der Waals surface area contributed by atoms with Crippen LogP contribution in [0.25, 0.3) is 0 Å². The third kappa shape index (κ3) is 3.93. The van der Waals surface area contributed by atoms with Crippen molar-refractivity contribution in [1.82, 2.24) is 4.90 Å². The highest BCUT2D eigenvalue weighted by molar-refractivity contribution is 5.98. The molecule has 0 radical (unpaired) electrons. The summed E-state index contributed by atoms with van der Waals surface area (Å²) in [6, 6.07) is 6.07. The van der Waals surface area contributed by atoms with Crippen molar-refractivity contribution in [3.8, 4) is 0 Å². The highest BCUT2D eigenvalue weighted by atomic mass is 16.2. The Bertz CT molecular complexity index is 536. The molecular weight excluding hydrogens is 262 g/mol. The van der Waals surface area contributed by atoms with Crippen LogP contribution in [-0.2, 0) is 4.79 Å². The number of amides is 1. The molecule has 0 aromatic heterocycles. The summed E-state index contributed by atoms with van der Waals surface area (Å²) >= 11 is 0. The Morgan fingerprint density at radius 3 is 2.57 bits per heavy atom. The van der Waals surface area contributed by atoms with E-state index in [2.05, 4.69) is 6.92 Å². The van der Waals surface area contributed by atoms with Gasteiger partial charge in [-0.15, -0.1) is 0 Å². The Morgan fingerprint density at radius 2 is 1.90 bits per heavy atom. The first-order chi connectivity index (χ1) is 9.99. The smallest absolute Gasteiger partial charge is 0.223 e. The molecule has 114 valence electrons. The van der Waals surface area contributed by atoms with Crippen LogP contribution in [0, 0.1) is 13.8 Å². The summed E-state index contributed by atoms with van der Waals surface area (Å²) in [5.74, 6) is 0.190. The number of carbonyl (C=O) groups excluding carboxylic acids is 2. The standard InChI is InChI=1S/C18H25NO2/c1-13-7-8-16(12-14(13)2)17(20)9-10-18(21)19-11-5-4-6-15(19)3/h7-8,12,15H,4-6,9-11H2,1-3H3. The van der Waals surface area contributed by atoms with Crippen molar-refractivity contribution in [2.75, 3.05) is 6.54 Å². The lowest BCUT2D eigenvalue weighted by Gasteiger charge is -2.33. The summed E-state index contributed by atoms with van der Waals surface area (Å²) in [7, 11) is 0. The van der Waals surface area contributed by atoms with Gasteiger partial charge >= 0.3 is 0 Å². The van der Waals surface area contributed by atoms with Crippen LogP contribution >= 0.6 is 0 Å². The van der Waals surface area contributed by atoms with E-state index in [0.29, 0.717) is 18.9 Å². The van der Waals surface area contributed by atoms with Gasteiger partial charge in [-0.05, 0) is 57.2 Å². The van der Waals surface area contributed by atoms with Crippen molar-refractivity contribution < 1.29 is 9.59 Å². The maximum absolute atomic E-state index is 12.2. The van der Waals surface area contributed by atoms with Gasteiger partial charge in [0.25, 0.3) is 0 Å². The van der Waals surface area contributed by atoms with Gasteiger partial charge in [0.15, 0.2) is 5.78 Å². The van der Waals surface area contributed by atoms with Crippen molar-refractivity contribution in [3.05, 3.63) is 34.9 Å². The maximum Gasteiger partial charge on any atom is 0.223 e. The number of likely N-dealkylation sites (tertiary alicyclic amines) is 1. The molecule has 0 bridgehead atoms. The molecule has 2 rings (SSSR count). The molecule has 0 aliphatic carbocycles. The number of piperidine rings is 1. The second-order valence-electron chi connectivity index (χ2n) is 6.15. The Balaban J connectivity index is 1.91. The van der Waals surface area contributed by atoms with Crippen molar-refractivity contribution >= 4 is 11.7 Å². The fourth-order valence-corrected chi connectivity index (χ4v) is 2.89. The number of hydrogen-bond acceptors (Lipinski definition) is 2. The van der Waals surface area contributed by atoms with Gasteiger partial charge in [0.2, 0.25) is 5.91 Å². The Labute approximate surface area is 127 Å². The minimum Gasteiger partial charge on any atom is -0.340 e. The minimum absolute atomic E-state index is 0.0658. The summed E-state index contributed by atoms with van der Waals surface area (Å²) in [4.78, 5) is 26.4. The monoisotopic (exact) mass is 287 g/mol. The van der Waals surface area contributed by atoms with E-state index >= 15 is 0 Å². The van der Waals surface area contributed by atoms with E-state index in [1.807, 2.05) is 36.9 Å². The third-order valence-corrected chi connectivity index (χ3v) is 4.52. The molecule has 1 heterocycles. The predicted octanol–water partition coefficient (Wildman–Crippen LogP) is 3.67. The Kier molecular flexibility index (Phi) is 5.16. The highest BCUT2D eigenvalue weighted by Gasteiger charge is 2.23. The van der Waals surface area contributed by atoms with Crippen LogP contribution in [0.1, 0.15) is 60.5 Å². The number of benzene rings is 1. The van der Waals surface area contributed by atoms with E-state index in [9.17, 15) is 9.59 Å². The number of aryl methyl sites for hydroxylation is 2. The first-order valence-corrected chi connectivity index (χ1v) is 7.89. The van der Waals surface area contributed by atoms with Crippen molar-refractivity contribution in [1.29, 1.82) is 0 Å². The van der Waals surface area contributed by atoms with Gasteiger partial charge in [-0.1, -0.05) is 12.1 Å². The van der Waals surface area contributed by atoms with Gasteiger partial charge in [-0.25, -0.2) is 0 Å². The van der Waals surface area contributed by atoms with E-state index < -0.39 is 0 Å². The second kappa shape index (κ2) is 6.88. The molecule has 1 unspecified atom stereocenters. The molecule has 3 nitrogen and oxygen atoms in total. The first-order valence-electron chi connectivity index (χ1n) is 7.89. The van der Waals surface area contributed by atoms with Crippen molar-refractivity contribution in [3.63, 3.8) is 0 Å². The fourth-order valence-electron chi connectivity index (χ4n) is 2.89. The molecule has 3 heteroatoms. The van der Waals surface area contributed by atoms with Gasteiger partial charge in [0.05, 0.1) is 0 Å². The number of ketones is 1. The number of rotatable bonds is 4. The summed E-state index contributed by atoms with van der Waals surface area (Å²) in [6.07, 6.45) is 4.01. The molecule has 0 saturated carbocycles. The lowest BCUT2D eigenvalue weighted by Crippen LogP contribution is -2.42. The molecule has 1 aromatic carbocycles. The third-order valence-electron chi connectivity index (χ3n) is 4.52. The van der Waals surface area contributed by atoms with E-state index in [0.717, 1.165) is 30.5 Å². The van der Waals surface area contributed by atoms with E-state index in [4.69, 9.17) is 0 Å². The van der Waals surface area contributed by atoms with E-state index in [1.54, 1.807) is 0 Å². The van der Waals surface area contributed by atoms with E-state index in [1.165, 1.54) is 12.0 Å². The molecular formula is C18H25NO2. The van der Waals surface area contributed by atoms with Gasteiger partial charge < -0.3 is 4.90 Å². The summed E-state index contributed by atoms with van der Waals surface area (Å²) < 4.78 is 0. The minimum atomic E-state index is 0.0658. The molecule has 1 amide bonds. The predicted molar refractivity (Wildman–Crippen MR) is 84.5 cm³/mol. The SMILES string of the molecule is Cc1ccc(C(=O)CCC(=O)N2CCCCC2C)cc1C. The Morgan fingerprint density at radius 1 is 1.14 bits per heavy atom. The van der Waals surface area contributed by atoms with Crippen LogP contribution in [0.5, 0.6) is 0 Å². The lowest BCUT2D eigenvalue weighted by atomic mass is 10.00. The van der Waals surface area contributed by atoms with Gasteiger partial charge in [-0.3, -0.25) is 9.59 Å². The molecule has 0 spiro atoms. The number of carbonyl (C=O) groups is 2. The zero-order valence-electron chi connectivity index (χ0n) is 13.3. The van der Waals surface area contributed by atoms with Crippen LogP contribution in [0.3, 0.4) is 0 Å². The summed E-state index contributed by atoms with van der Waals surface area (Å²) in [6.45, 7) is 6.98. The van der Waals surface area contributed by atoms with Crippen LogP contribution in [0.15, 0.2) is 18.2 Å².